The van der Waals surface area contributed by atoms with Crippen molar-refractivity contribution in [3.63, 3.8) is 0 Å². The van der Waals surface area contributed by atoms with E-state index in [0.29, 0.717) is 0 Å². The number of ether oxygens (including phenoxy) is 4. The van der Waals surface area contributed by atoms with Gasteiger partial charge in [0, 0.05) is 22.7 Å². The second-order valence-corrected chi connectivity index (χ2v) is 12.7. The van der Waals surface area contributed by atoms with Crippen molar-refractivity contribution < 1.29 is 52.0 Å². The second kappa shape index (κ2) is 10.8. The summed E-state index contributed by atoms with van der Waals surface area (Å²) >= 11 is 0. The van der Waals surface area contributed by atoms with Gasteiger partial charge in [-0.1, -0.05) is 33.8 Å². The van der Waals surface area contributed by atoms with E-state index in [0.717, 1.165) is 6.08 Å². The molecule has 4 rings (SSSR count). The van der Waals surface area contributed by atoms with E-state index in [9.17, 15) is 24.3 Å². The lowest BCUT2D eigenvalue weighted by molar-refractivity contribution is -0.226. The first-order chi connectivity index (χ1) is 19.1. The summed E-state index contributed by atoms with van der Waals surface area (Å²) in [5.41, 5.74) is -7.36. The molecule has 3 saturated carbocycles. The number of fused-ring (bicyclic) bond motifs is 5. The zero-order chi connectivity index (χ0) is 30.5. The normalized spacial score (nSPS) is 41.1. The fourth-order valence-corrected chi connectivity index (χ4v) is 8.18. The molecule has 0 unspecified atom stereocenters. The largest absolute Gasteiger partial charge is 0.509 e. The summed E-state index contributed by atoms with van der Waals surface area (Å²) < 4.78 is 54.1. The first-order valence-corrected chi connectivity index (χ1v) is 14.2. The minimum absolute atomic E-state index is 0.0177. The maximum absolute atomic E-state index is 17.5. The third kappa shape index (κ3) is 4.58. The number of ketones is 2. The summed E-state index contributed by atoms with van der Waals surface area (Å²) in [6, 6.07) is 0. The van der Waals surface area contributed by atoms with Crippen LogP contribution in [0, 0.1) is 34.5 Å². The van der Waals surface area contributed by atoms with Crippen LogP contribution in [0.4, 0.5) is 18.4 Å². The molecule has 0 radical (unpaired) electrons. The van der Waals surface area contributed by atoms with Gasteiger partial charge in [0.1, 0.15) is 6.17 Å². The van der Waals surface area contributed by atoms with Crippen LogP contribution >= 0.6 is 0 Å². The van der Waals surface area contributed by atoms with Crippen molar-refractivity contribution in [2.45, 2.75) is 84.4 Å². The van der Waals surface area contributed by atoms with Gasteiger partial charge in [-0.2, -0.15) is 0 Å². The lowest BCUT2D eigenvalue weighted by atomic mass is 9.44. The molecular formula is C30H40F2O9. The Balaban J connectivity index is 1.75. The number of Topliss-reactive ketones (excluding diaryl/α,β-unsaturated/α-hetero) is 1. The number of aliphatic hydroxyl groups excluding tert-OH is 1. The minimum Gasteiger partial charge on any atom is -0.435 e. The van der Waals surface area contributed by atoms with E-state index in [1.54, 1.807) is 20.8 Å². The average Bonchev–Trinajstić information content (AvgIpc) is 3.11. The molecule has 228 valence electrons. The molecule has 0 amide bonds. The van der Waals surface area contributed by atoms with E-state index < -0.39 is 82.6 Å². The van der Waals surface area contributed by atoms with Crippen LogP contribution in [-0.4, -0.2) is 72.3 Å². The van der Waals surface area contributed by atoms with Gasteiger partial charge in [0.2, 0.25) is 5.78 Å². The summed E-state index contributed by atoms with van der Waals surface area (Å²) in [6.45, 7) is 9.21. The predicted octanol–water partition coefficient (Wildman–Crippen LogP) is 4.84. The molecule has 0 heterocycles. The van der Waals surface area contributed by atoms with Crippen molar-refractivity contribution in [2.24, 2.45) is 34.5 Å². The highest BCUT2D eigenvalue weighted by molar-refractivity contribution is 6.01. The molecule has 0 spiro atoms. The SMILES string of the molecule is CCOC(=O)O[C@]1(C(=O)COC(=O)OCC(C)C)[C@H](C)C[C@H]2[C@@H]3C[C@H](F)C4=CC(=O)C=C[C@]4(C)[C@@]3(F)[C@@H](O)C[C@@]21C. The van der Waals surface area contributed by atoms with Crippen molar-refractivity contribution in [3.8, 4) is 0 Å². The number of rotatable bonds is 7. The lowest BCUT2D eigenvalue weighted by Gasteiger charge is -2.63. The highest BCUT2D eigenvalue weighted by Crippen LogP contribution is 2.71. The predicted molar refractivity (Wildman–Crippen MR) is 141 cm³/mol. The van der Waals surface area contributed by atoms with Gasteiger partial charge < -0.3 is 24.1 Å². The van der Waals surface area contributed by atoms with Crippen LogP contribution in [0.1, 0.15) is 60.8 Å². The monoisotopic (exact) mass is 582 g/mol. The topological polar surface area (TPSA) is 125 Å². The minimum atomic E-state index is -2.37. The fourth-order valence-electron chi connectivity index (χ4n) is 8.18. The van der Waals surface area contributed by atoms with Crippen molar-refractivity contribution in [1.29, 1.82) is 0 Å². The molecular weight excluding hydrogens is 542 g/mol. The van der Waals surface area contributed by atoms with Gasteiger partial charge in [-0.05, 0) is 62.7 Å². The Kier molecular flexibility index (Phi) is 8.19. The van der Waals surface area contributed by atoms with Gasteiger partial charge in [0.05, 0.1) is 19.3 Å². The quantitative estimate of drug-likeness (QED) is 0.420. The molecule has 0 saturated heterocycles. The van der Waals surface area contributed by atoms with Crippen LogP contribution in [0.15, 0.2) is 23.8 Å². The Bertz CT molecular complexity index is 1170. The van der Waals surface area contributed by atoms with Crippen LogP contribution in [0.25, 0.3) is 0 Å². The van der Waals surface area contributed by atoms with Crippen molar-refractivity contribution in [3.05, 3.63) is 23.8 Å². The smallest absolute Gasteiger partial charge is 0.435 e. The number of allylic oxidation sites excluding steroid dienone is 4. The molecule has 11 heteroatoms. The van der Waals surface area contributed by atoms with Crippen LogP contribution < -0.4 is 0 Å². The Labute approximate surface area is 238 Å². The van der Waals surface area contributed by atoms with E-state index >= 15 is 8.78 Å². The molecule has 0 bridgehead atoms. The molecule has 9 nitrogen and oxygen atoms in total. The van der Waals surface area contributed by atoms with E-state index in [1.807, 2.05) is 13.8 Å². The van der Waals surface area contributed by atoms with Crippen LogP contribution in [-0.2, 0) is 28.5 Å². The summed E-state index contributed by atoms with van der Waals surface area (Å²) in [7, 11) is 0. The molecule has 4 aliphatic rings. The highest BCUT2D eigenvalue weighted by atomic mass is 19.1. The Morgan fingerprint density at radius 3 is 2.41 bits per heavy atom. The van der Waals surface area contributed by atoms with Gasteiger partial charge in [0.25, 0.3) is 0 Å². The third-order valence-electron chi connectivity index (χ3n) is 9.95. The standard InChI is InChI=1S/C30H40F2O9/c1-7-38-26(37)41-30(24(35)15-40-25(36)39-14-16(2)3)17(4)10-19-20-12-22(31)21-11-18(33)8-9-27(21,5)29(20,32)23(34)13-28(19,30)6/h8-9,11,16-17,19-20,22-23,34H,7,10,12-15H2,1-6H3/t17-,19+,20+,22+,23+,27+,28+,29+,30+/m1/s1. The molecule has 1 N–H and O–H groups in total. The Morgan fingerprint density at radius 1 is 1.10 bits per heavy atom. The number of carbonyl (C=O) groups excluding carboxylic acids is 4. The summed E-state index contributed by atoms with van der Waals surface area (Å²) in [6.07, 6.45) is -2.46. The van der Waals surface area contributed by atoms with E-state index in [-0.39, 0.29) is 44.0 Å². The number of halogens is 2. The van der Waals surface area contributed by atoms with Gasteiger partial charge in [-0.15, -0.1) is 0 Å². The molecule has 0 aromatic carbocycles. The lowest BCUT2D eigenvalue weighted by Crippen LogP contribution is -2.71. The molecule has 0 aromatic rings. The van der Waals surface area contributed by atoms with Crippen molar-refractivity contribution >= 4 is 23.9 Å². The Hall–Kier alpha value is -2.82. The number of hydrogen-bond acceptors (Lipinski definition) is 9. The average molecular weight is 583 g/mol. The molecule has 3 fully saturated rings. The van der Waals surface area contributed by atoms with E-state index in [2.05, 4.69) is 0 Å². The van der Waals surface area contributed by atoms with E-state index in [1.165, 1.54) is 19.1 Å². The maximum atomic E-state index is 17.5. The first kappa shape index (κ1) is 31.1. The van der Waals surface area contributed by atoms with Gasteiger partial charge in [0.15, 0.2) is 23.7 Å². The first-order valence-electron chi connectivity index (χ1n) is 14.2. The van der Waals surface area contributed by atoms with Crippen LogP contribution in [0.3, 0.4) is 0 Å². The number of carbonyl (C=O) groups is 4. The zero-order valence-corrected chi connectivity index (χ0v) is 24.4. The zero-order valence-electron chi connectivity index (χ0n) is 24.4. The van der Waals surface area contributed by atoms with Gasteiger partial charge in [-0.3, -0.25) is 9.59 Å². The number of alkyl halides is 2. The molecule has 4 aliphatic carbocycles. The maximum Gasteiger partial charge on any atom is 0.509 e. The molecule has 41 heavy (non-hydrogen) atoms. The second-order valence-electron chi connectivity index (χ2n) is 12.7. The third-order valence-corrected chi connectivity index (χ3v) is 9.95. The number of aliphatic hydroxyl groups is 1. The highest BCUT2D eigenvalue weighted by Gasteiger charge is 2.78. The van der Waals surface area contributed by atoms with Gasteiger partial charge in [-0.25, -0.2) is 18.4 Å². The van der Waals surface area contributed by atoms with Crippen LogP contribution in [0.5, 0.6) is 0 Å². The Morgan fingerprint density at radius 2 is 1.78 bits per heavy atom. The van der Waals surface area contributed by atoms with Crippen molar-refractivity contribution in [1.82, 2.24) is 0 Å². The molecule has 0 aliphatic heterocycles. The van der Waals surface area contributed by atoms with Gasteiger partial charge >= 0.3 is 12.3 Å². The van der Waals surface area contributed by atoms with Crippen molar-refractivity contribution in [2.75, 3.05) is 19.8 Å². The van der Waals surface area contributed by atoms with Crippen LogP contribution in [0.2, 0.25) is 0 Å². The number of hydrogen-bond donors (Lipinski definition) is 1. The molecule has 9 atom stereocenters. The summed E-state index contributed by atoms with van der Waals surface area (Å²) in [4.78, 5) is 51.0. The molecule has 0 aromatic heterocycles. The fraction of sp³-hybridized carbons (Fsp3) is 0.733. The summed E-state index contributed by atoms with van der Waals surface area (Å²) in [5.74, 6) is -3.74. The van der Waals surface area contributed by atoms with E-state index in [4.69, 9.17) is 18.9 Å². The summed E-state index contributed by atoms with van der Waals surface area (Å²) in [5, 5.41) is 11.6.